The molecule has 2 aliphatic rings. The van der Waals surface area contributed by atoms with Crippen molar-refractivity contribution in [3.8, 4) is 5.75 Å². The number of rotatable bonds is 11. The Morgan fingerprint density at radius 3 is 2.54 bits per heavy atom. The highest BCUT2D eigenvalue weighted by atomic mass is 19.1. The van der Waals surface area contributed by atoms with Gasteiger partial charge in [-0.05, 0) is 69.0 Å². The fourth-order valence-electron chi connectivity index (χ4n) is 4.90. The number of unbranched alkanes of at least 4 members (excludes halogenated alkanes) is 1. The van der Waals surface area contributed by atoms with Crippen LogP contribution in [0.4, 0.5) is 8.78 Å². The molecule has 0 aromatic heterocycles. The Kier molecular flexibility index (Phi) is 8.76. The maximum atomic E-state index is 14.1. The van der Waals surface area contributed by atoms with Crippen LogP contribution in [0.3, 0.4) is 0 Å². The van der Waals surface area contributed by atoms with Crippen LogP contribution in [0.25, 0.3) is 0 Å². The topological polar surface area (TPSA) is 79.9 Å². The second-order valence-corrected chi connectivity index (χ2v) is 9.96. The monoisotopic (exact) mass is 515 g/mol. The highest BCUT2D eigenvalue weighted by Crippen LogP contribution is 2.51. The van der Waals surface area contributed by atoms with Crippen molar-refractivity contribution in [1.29, 1.82) is 0 Å². The summed E-state index contributed by atoms with van der Waals surface area (Å²) in [7, 11) is 1.66. The number of amides is 2. The number of carbonyl (C=O) groups excluding carboxylic acids is 2. The molecule has 1 heterocycles. The SMILES string of the molecule is COc1ccc(C2CC2(C)NCCCCC(NC(=O)c2ccc(F)cc2F)C(=O)N2CCOCC2)cc1. The Balaban J connectivity index is 1.29. The van der Waals surface area contributed by atoms with Crippen LogP contribution in [0.1, 0.15) is 54.4 Å². The maximum absolute atomic E-state index is 14.1. The van der Waals surface area contributed by atoms with E-state index in [0.29, 0.717) is 51.1 Å². The van der Waals surface area contributed by atoms with Gasteiger partial charge >= 0.3 is 0 Å². The lowest BCUT2D eigenvalue weighted by Crippen LogP contribution is -2.51. The van der Waals surface area contributed by atoms with Crippen molar-refractivity contribution >= 4 is 11.8 Å². The van der Waals surface area contributed by atoms with Crippen LogP contribution in [-0.2, 0) is 9.53 Å². The molecule has 3 unspecified atom stereocenters. The average molecular weight is 516 g/mol. The van der Waals surface area contributed by atoms with E-state index < -0.39 is 23.6 Å². The van der Waals surface area contributed by atoms with Crippen molar-refractivity contribution in [3.63, 3.8) is 0 Å². The zero-order valence-corrected chi connectivity index (χ0v) is 21.4. The van der Waals surface area contributed by atoms with E-state index in [2.05, 4.69) is 29.7 Å². The molecule has 2 aromatic rings. The number of nitrogens with zero attached hydrogens (tertiary/aromatic N) is 1. The summed E-state index contributed by atoms with van der Waals surface area (Å²) in [4.78, 5) is 27.6. The largest absolute Gasteiger partial charge is 0.497 e. The van der Waals surface area contributed by atoms with Crippen LogP contribution >= 0.6 is 0 Å². The average Bonchev–Trinajstić information content (AvgIpc) is 3.58. The molecule has 0 radical (unpaired) electrons. The zero-order chi connectivity index (χ0) is 26.4. The zero-order valence-electron chi connectivity index (χ0n) is 21.4. The van der Waals surface area contributed by atoms with Crippen LogP contribution < -0.4 is 15.4 Å². The van der Waals surface area contributed by atoms with E-state index in [0.717, 1.165) is 37.3 Å². The first-order valence-electron chi connectivity index (χ1n) is 12.8. The molecule has 2 amide bonds. The van der Waals surface area contributed by atoms with E-state index >= 15 is 0 Å². The first kappa shape index (κ1) is 27.0. The van der Waals surface area contributed by atoms with Crippen LogP contribution in [-0.4, -0.2) is 68.3 Å². The van der Waals surface area contributed by atoms with Gasteiger partial charge in [0.2, 0.25) is 5.91 Å². The summed E-state index contributed by atoms with van der Waals surface area (Å²) in [6.07, 6.45) is 2.99. The number of hydrogen-bond acceptors (Lipinski definition) is 5. The van der Waals surface area contributed by atoms with E-state index in [1.807, 2.05) is 12.1 Å². The van der Waals surface area contributed by atoms with Gasteiger partial charge in [0.25, 0.3) is 5.91 Å². The second kappa shape index (κ2) is 12.0. The van der Waals surface area contributed by atoms with E-state index in [1.54, 1.807) is 12.0 Å². The molecule has 1 aliphatic carbocycles. The Morgan fingerprint density at radius 1 is 1.14 bits per heavy atom. The molecule has 1 aliphatic heterocycles. The van der Waals surface area contributed by atoms with E-state index in [4.69, 9.17) is 9.47 Å². The molecule has 0 spiro atoms. The number of carbonyl (C=O) groups is 2. The maximum Gasteiger partial charge on any atom is 0.254 e. The van der Waals surface area contributed by atoms with Crippen LogP contribution in [0.15, 0.2) is 42.5 Å². The number of benzene rings is 2. The summed E-state index contributed by atoms with van der Waals surface area (Å²) in [6.45, 7) is 4.77. The fraction of sp³-hybridized carbons (Fsp3) is 0.500. The molecule has 7 nitrogen and oxygen atoms in total. The number of nitrogens with one attached hydrogen (secondary N) is 2. The smallest absolute Gasteiger partial charge is 0.254 e. The van der Waals surface area contributed by atoms with Crippen molar-refractivity contribution in [2.75, 3.05) is 40.0 Å². The van der Waals surface area contributed by atoms with Gasteiger partial charge in [-0.1, -0.05) is 12.1 Å². The normalized spacial score (nSPS) is 21.8. The molecular weight excluding hydrogens is 480 g/mol. The summed E-state index contributed by atoms with van der Waals surface area (Å²) in [6, 6.07) is 10.2. The van der Waals surface area contributed by atoms with E-state index in [-0.39, 0.29) is 17.0 Å². The summed E-state index contributed by atoms with van der Waals surface area (Å²) in [5.74, 6) is -1.37. The van der Waals surface area contributed by atoms with Crippen LogP contribution in [0.5, 0.6) is 5.75 Å². The summed E-state index contributed by atoms with van der Waals surface area (Å²) >= 11 is 0. The number of ether oxygens (including phenoxy) is 2. The molecular formula is C28H35F2N3O4. The molecule has 3 atom stereocenters. The molecule has 0 bridgehead atoms. The van der Waals surface area contributed by atoms with Gasteiger partial charge in [-0.2, -0.15) is 0 Å². The third-order valence-corrected chi connectivity index (χ3v) is 7.31. The Hall–Kier alpha value is -3.04. The van der Waals surface area contributed by atoms with Gasteiger partial charge in [0.05, 0.1) is 25.9 Å². The molecule has 1 saturated heterocycles. The van der Waals surface area contributed by atoms with Gasteiger partial charge in [0.15, 0.2) is 0 Å². The molecule has 2 N–H and O–H groups in total. The van der Waals surface area contributed by atoms with Crippen molar-refractivity contribution in [1.82, 2.24) is 15.5 Å². The van der Waals surface area contributed by atoms with E-state index in [1.165, 1.54) is 5.56 Å². The molecule has 37 heavy (non-hydrogen) atoms. The Labute approximate surface area is 216 Å². The third kappa shape index (κ3) is 6.84. The summed E-state index contributed by atoms with van der Waals surface area (Å²) in [5.41, 5.74) is 1.03. The van der Waals surface area contributed by atoms with Gasteiger partial charge in [-0.3, -0.25) is 9.59 Å². The lowest BCUT2D eigenvalue weighted by atomic mass is 10.1. The van der Waals surface area contributed by atoms with Crippen molar-refractivity contribution < 1.29 is 27.8 Å². The van der Waals surface area contributed by atoms with Gasteiger partial charge in [-0.25, -0.2) is 8.78 Å². The Bertz CT molecular complexity index is 1090. The first-order valence-corrected chi connectivity index (χ1v) is 12.8. The number of halogens is 2. The van der Waals surface area contributed by atoms with Crippen molar-refractivity contribution in [2.24, 2.45) is 0 Å². The lowest BCUT2D eigenvalue weighted by molar-refractivity contribution is -0.137. The molecule has 1 saturated carbocycles. The molecule has 4 rings (SSSR count). The predicted octanol–water partition coefficient (Wildman–Crippen LogP) is 3.64. The van der Waals surface area contributed by atoms with Crippen LogP contribution in [0.2, 0.25) is 0 Å². The minimum Gasteiger partial charge on any atom is -0.497 e. The van der Waals surface area contributed by atoms with Gasteiger partial charge < -0.3 is 25.0 Å². The highest BCUT2D eigenvalue weighted by Gasteiger charge is 2.50. The quantitative estimate of drug-likeness (QED) is 0.447. The van der Waals surface area contributed by atoms with E-state index in [9.17, 15) is 18.4 Å². The minimum absolute atomic E-state index is 0.0337. The van der Waals surface area contributed by atoms with Crippen LogP contribution in [0, 0.1) is 11.6 Å². The van der Waals surface area contributed by atoms with Crippen molar-refractivity contribution in [3.05, 3.63) is 65.2 Å². The third-order valence-electron chi connectivity index (χ3n) is 7.31. The molecule has 200 valence electrons. The summed E-state index contributed by atoms with van der Waals surface area (Å²) < 4.78 is 38.0. The standard InChI is InChI=1S/C28H35F2N3O4/c1-28(18-23(28)19-6-9-21(36-2)10-7-19)31-12-4-3-5-25(27(35)33-13-15-37-16-14-33)32-26(34)22-11-8-20(29)17-24(22)30/h6-11,17,23,25,31H,3-5,12-16,18H2,1-2H3,(H,32,34). The summed E-state index contributed by atoms with van der Waals surface area (Å²) in [5, 5.41) is 6.32. The van der Waals surface area contributed by atoms with Gasteiger partial charge in [0, 0.05) is 30.6 Å². The number of methoxy groups -OCH3 is 1. The molecule has 9 heteroatoms. The van der Waals surface area contributed by atoms with Gasteiger partial charge in [0.1, 0.15) is 23.4 Å². The molecule has 2 aromatic carbocycles. The molecule has 2 fully saturated rings. The van der Waals surface area contributed by atoms with Crippen molar-refractivity contribution in [2.45, 2.75) is 50.1 Å². The van der Waals surface area contributed by atoms with Gasteiger partial charge in [-0.15, -0.1) is 0 Å². The lowest BCUT2D eigenvalue weighted by Gasteiger charge is -2.31. The number of hydrogen-bond donors (Lipinski definition) is 2. The second-order valence-electron chi connectivity index (χ2n) is 9.96. The predicted molar refractivity (Wildman–Crippen MR) is 136 cm³/mol. The highest BCUT2D eigenvalue weighted by molar-refractivity contribution is 5.97. The first-order chi connectivity index (χ1) is 17.8. The number of morpholine rings is 1. The fourth-order valence-corrected chi connectivity index (χ4v) is 4.90. The Morgan fingerprint density at radius 2 is 1.86 bits per heavy atom. The minimum atomic E-state index is -0.955.